The molecule has 3 nitrogen and oxygen atoms in total. The number of hydrazine groups is 1. The first-order chi connectivity index (χ1) is 5.09. The summed E-state index contributed by atoms with van der Waals surface area (Å²) in [5.74, 6) is 0.904. The summed E-state index contributed by atoms with van der Waals surface area (Å²) in [4.78, 5) is 2.07. The van der Waals surface area contributed by atoms with E-state index < -0.39 is 0 Å². The topological polar surface area (TPSA) is 27.3 Å². The van der Waals surface area contributed by atoms with E-state index in [9.17, 15) is 0 Å². The fourth-order valence-electron chi connectivity index (χ4n) is 0.590. The van der Waals surface area contributed by atoms with Gasteiger partial charge < -0.3 is 10.3 Å². The molecule has 0 heterocycles. The molecule has 0 fully saturated rings. The number of nitrogens with one attached hydrogen (secondary N) is 2. The van der Waals surface area contributed by atoms with Crippen LogP contribution in [0.4, 0.5) is 0 Å². The van der Waals surface area contributed by atoms with E-state index in [0.717, 1.165) is 12.4 Å². The molecule has 0 saturated carbocycles. The van der Waals surface area contributed by atoms with E-state index in [2.05, 4.69) is 36.2 Å². The minimum atomic E-state index is 0.480. The van der Waals surface area contributed by atoms with Gasteiger partial charge in [0.25, 0.3) is 0 Å². The van der Waals surface area contributed by atoms with E-state index >= 15 is 0 Å². The third kappa shape index (κ3) is 3.88. The molecule has 11 heavy (non-hydrogen) atoms. The minimum Gasteiger partial charge on any atom is -0.359 e. The maximum Gasteiger partial charge on any atom is 0.108 e. The average Bonchev–Trinajstić information content (AvgIpc) is 1.98. The molecule has 0 aromatic rings. The second kappa shape index (κ2) is 5.02. The van der Waals surface area contributed by atoms with Gasteiger partial charge in [0, 0.05) is 19.6 Å². The van der Waals surface area contributed by atoms with Crippen molar-refractivity contribution < 1.29 is 0 Å². The molecule has 0 aromatic heterocycles. The molecule has 0 spiro atoms. The highest BCUT2D eigenvalue weighted by Crippen LogP contribution is 1.98. The van der Waals surface area contributed by atoms with Crippen molar-refractivity contribution in [3.05, 3.63) is 12.4 Å². The van der Waals surface area contributed by atoms with Gasteiger partial charge in [-0.3, -0.25) is 0 Å². The summed E-state index contributed by atoms with van der Waals surface area (Å²) in [5.41, 5.74) is 5.99. The fraction of sp³-hybridized carbons (Fsp3) is 0.750. The molecule has 2 N–H and O–H groups in total. The first kappa shape index (κ1) is 10.3. The Morgan fingerprint density at radius 3 is 2.45 bits per heavy atom. The highest BCUT2D eigenvalue weighted by atomic mass is 15.4. The van der Waals surface area contributed by atoms with E-state index in [-0.39, 0.29) is 0 Å². The molecular formula is C8H19N3. The van der Waals surface area contributed by atoms with Gasteiger partial charge in [-0.2, -0.15) is 0 Å². The average molecular weight is 157 g/mol. The molecule has 0 aliphatic rings. The zero-order valence-corrected chi connectivity index (χ0v) is 7.94. The number of hydrogen-bond donors (Lipinski definition) is 2. The number of rotatable bonds is 5. The molecule has 0 aliphatic heterocycles. The van der Waals surface area contributed by atoms with E-state index in [1.807, 2.05) is 14.0 Å². The van der Waals surface area contributed by atoms with Crippen LogP contribution in [0.3, 0.4) is 0 Å². The van der Waals surface area contributed by atoms with Crippen molar-refractivity contribution >= 4 is 0 Å². The van der Waals surface area contributed by atoms with Crippen LogP contribution in [0, 0.1) is 0 Å². The lowest BCUT2D eigenvalue weighted by atomic mass is 10.3. The smallest absolute Gasteiger partial charge is 0.108 e. The van der Waals surface area contributed by atoms with Crippen LogP contribution >= 0.6 is 0 Å². The van der Waals surface area contributed by atoms with Gasteiger partial charge in [-0.25, -0.2) is 5.43 Å². The normalized spacial score (nSPS) is 9.91. The first-order valence-corrected chi connectivity index (χ1v) is 4.00. The van der Waals surface area contributed by atoms with Gasteiger partial charge in [-0.1, -0.05) is 13.5 Å². The van der Waals surface area contributed by atoms with Crippen LogP contribution in [0.25, 0.3) is 0 Å². The van der Waals surface area contributed by atoms with Crippen LogP contribution in [-0.4, -0.2) is 24.5 Å². The standard InChI is InChI=1S/C8H19N3/c1-6-9-10-8(4)11(5)7(2)3/h7,9-10H,4,6H2,1-3,5H3. The molecule has 0 rings (SSSR count). The Bertz CT molecular complexity index is 121. The maximum absolute atomic E-state index is 3.87. The first-order valence-electron chi connectivity index (χ1n) is 4.00. The predicted molar refractivity (Wildman–Crippen MR) is 48.9 cm³/mol. The second-order valence-electron chi connectivity index (χ2n) is 2.81. The van der Waals surface area contributed by atoms with Crippen LogP contribution in [0.2, 0.25) is 0 Å². The van der Waals surface area contributed by atoms with Crippen molar-refractivity contribution in [2.24, 2.45) is 0 Å². The molecule has 0 saturated heterocycles. The molecule has 3 heteroatoms. The summed E-state index contributed by atoms with van der Waals surface area (Å²) in [5, 5.41) is 0. The lowest BCUT2D eigenvalue weighted by Gasteiger charge is -2.26. The summed E-state index contributed by atoms with van der Waals surface area (Å²) in [7, 11) is 2.01. The van der Waals surface area contributed by atoms with Crippen molar-refractivity contribution in [1.29, 1.82) is 0 Å². The summed E-state index contributed by atoms with van der Waals surface area (Å²) < 4.78 is 0. The second-order valence-corrected chi connectivity index (χ2v) is 2.81. The third-order valence-corrected chi connectivity index (χ3v) is 1.61. The lowest BCUT2D eigenvalue weighted by molar-refractivity contribution is 0.308. The maximum atomic E-state index is 3.87. The minimum absolute atomic E-state index is 0.480. The lowest BCUT2D eigenvalue weighted by Crippen LogP contribution is -2.39. The molecule has 0 atom stereocenters. The zero-order valence-electron chi connectivity index (χ0n) is 7.94. The van der Waals surface area contributed by atoms with Crippen molar-refractivity contribution in [3.63, 3.8) is 0 Å². The van der Waals surface area contributed by atoms with Crippen LogP contribution in [0.15, 0.2) is 12.4 Å². The van der Waals surface area contributed by atoms with E-state index in [4.69, 9.17) is 0 Å². The molecule has 0 radical (unpaired) electrons. The van der Waals surface area contributed by atoms with Gasteiger partial charge in [-0.15, -0.1) is 0 Å². The predicted octanol–water partition coefficient (Wildman–Crippen LogP) is 0.912. The molecular weight excluding hydrogens is 138 g/mol. The van der Waals surface area contributed by atoms with Crippen molar-refractivity contribution in [2.45, 2.75) is 26.8 Å². The van der Waals surface area contributed by atoms with Crippen LogP contribution < -0.4 is 10.9 Å². The Morgan fingerprint density at radius 2 is 2.09 bits per heavy atom. The third-order valence-electron chi connectivity index (χ3n) is 1.61. The highest BCUT2D eigenvalue weighted by molar-refractivity contribution is 4.88. The molecule has 0 aliphatic carbocycles. The van der Waals surface area contributed by atoms with Crippen LogP contribution in [-0.2, 0) is 0 Å². The van der Waals surface area contributed by atoms with Crippen molar-refractivity contribution in [2.75, 3.05) is 13.6 Å². The Labute approximate surface area is 69.4 Å². The van der Waals surface area contributed by atoms with Gasteiger partial charge in [-0.05, 0) is 13.8 Å². The molecule has 0 amide bonds. The van der Waals surface area contributed by atoms with Crippen LogP contribution in [0.1, 0.15) is 20.8 Å². The Hall–Kier alpha value is -0.700. The summed E-state index contributed by atoms with van der Waals surface area (Å²) in [6, 6.07) is 0.480. The summed E-state index contributed by atoms with van der Waals surface area (Å²) in [6.07, 6.45) is 0. The largest absolute Gasteiger partial charge is 0.359 e. The van der Waals surface area contributed by atoms with E-state index in [1.165, 1.54) is 0 Å². The Kier molecular flexibility index (Phi) is 4.70. The van der Waals surface area contributed by atoms with E-state index in [1.54, 1.807) is 0 Å². The number of nitrogens with zero attached hydrogens (tertiary/aromatic N) is 1. The Morgan fingerprint density at radius 1 is 1.55 bits per heavy atom. The van der Waals surface area contributed by atoms with Crippen molar-refractivity contribution in [1.82, 2.24) is 15.8 Å². The fourth-order valence-corrected chi connectivity index (χ4v) is 0.590. The molecule has 0 unspecified atom stereocenters. The highest BCUT2D eigenvalue weighted by Gasteiger charge is 2.03. The monoisotopic (exact) mass is 157 g/mol. The van der Waals surface area contributed by atoms with Crippen LogP contribution in [0.5, 0.6) is 0 Å². The quantitative estimate of drug-likeness (QED) is 0.581. The molecule has 0 bridgehead atoms. The van der Waals surface area contributed by atoms with Gasteiger partial charge >= 0.3 is 0 Å². The SMILES string of the molecule is C=C(NNCC)N(C)C(C)C. The van der Waals surface area contributed by atoms with Gasteiger partial charge in [0.05, 0.1) is 0 Å². The summed E-state index contributed by atoms with van der Waals surface area (Å²) in [6.45, 7) is 11.0. The van der Waals surface area contributed by atoms with E-state index in [0.29, 0.717) is 6.04 Å². The van der Waals surface area contributed by atoms with Gasteiger partial charge in [0.2, 0.25) is 0 Å². The number of hydrogen-bond acceptors (Lipinski definition) is 3. The molecule has 0 aromatic carbocycles. The van der Waals surface area contributed by atoms with Gasteiger partial charge in [0.1, 0.15) is 5.82 Å². The Balaban J connectivity index is 3.64. The zero-order chi connectivity index (χ0) is 8.85. The van der Waals surface area contributed by atoms with Crippen molar-refractivity contribution in [3.8, 4) is 0 Å². The van der Waals surface area contributed by atoms with Gasteiger partial charge in [0.15, 0.2) is 0 Å². The molecule has 66 valence electrons. The summed E-state index contributed by atoms with van der Waals surface area (Å²) >= 11 is 0.